The first-order valence-electron chi connectivity index (χ1n) is 8.29. The number of aliphatic hydroxyl groups excluding tert-OH is 1. The van der Waals surface area contributed by atoms with Gasteiger partial charge in [0.25, 0.3) is 0 Å². The van der Waals surface area contributed by atoms with Gasteiger partial charge in [-0.25, -0.2) is 0 Å². The molecular formula is C20H23NO. The standard InChI is InChI=1S/C20H23NO/c1-21-13-14(22)12-20-11-10-15(16-6-2-4-8-18(16)20)17-7-3-5-9-19(17)20/h2-4,6-9,14,21-22H,5,10-13H2,1H3. The fraction of sp³-hybridized carbons (Fsp3) is 0.400. The predicted molar refractivity (Wildman–Crippen MR) is 90.7 cm³/mol. The highest BCUT2D eigenvalue weighted by Crippen LogP contribution is 2.58. The van der Waals surface area contributed by atoms with E-state index < -0.39 is 0 Å². The Balaban J connectivity index is 1.89. The maximum absolute atomic E-state index is 10.5. The van der Waals surface area contributed by atoms with Crippen molar-refractivity contribution < 1.29 is 5.11 Å². The Labute approximate surface area is 132 Å². The monoisotopic (exact) mass is 293 g/mol. The molecule has 2 N–H and O–H groups in total. The molecule has 2 unspecified atom stereocenters. The van der Waals surface area contributed by atoms with Gasteiger partial charge in [0.05, 0.1) is 6.10 Å². The van der Waals surface area contributed by atoms with E-state index in [1.54, 1.807) is 0 Å². The summed E-state index contributed by atoms with van der Waals surface area (Å²) in [6.45, 7) is 0.652. The van der Waals surface area contributed by atoms with Gasteiger partial charge in [-0.1, -0.05) is 42.5 Å². The molecule has 114 valence electrons. The van der Waals surface area contributed by atoms with Gasteiger partial charge in [0, 0.05) is 12.0 Å². The molecule has 0 saturated carbocycles. The van der Waals surface area contributed by atoms with E-state index in [1.807, 2.05) is 7.05 Å². The molecule has 0 amide bonds. The van der Waals surface area contributed by atoms with Crippen LogP contribution in [0, 0.1) is 0 Å². The summed E-state index contributed by atoms with van der Waals surface area (Å²) in [5, 5.41) is 13.6. The topological polar surface area (TPSA) is 32.3 Å². The van der Waals surface area contributed by atoms with Crippen LogP contribution in [0.15, 0.2) is 53.6 Å². The van der Waals surface area contributed by atoms with Crippen molar-refractivity contribution in [1.82, 2.24) is 5.32 Å². The number of likely N-dealkylation sites (N-methyl/N-ethyl adjacent to an activating group) is 1. The fourth-order valence-electron chi connectivity index (χ4n) is 4.65. The van der Waals surface area contributed by atoms with Crippen LogP contribution in [-0.2, 0) is 5.41 Å². The zero-order valence-electron chi connectivity index (χ0n) is 13.1. The Bertz CT molecular complexity index is 697. The summed E-state index contributed by atoms with van der Waals surface area (Å²) in [7, 11) is 1.91. The molecule has 2 nitrogen and oxygen atoms in total. The minimum atomic E-state index is -0.314. The van der Waals surface area contributed by atoms with E-state index in [-0.39, 0.29) is 11.5 Å². The fourth-order valence-corrected chi connectivity index (χ4v) is 4.65. The van der Waals surface area contributed by atoms with Gasteiger partial charge in [0.1, 0.15) is 0 Å². The Morgan fingerprint density at radius 2 is 2.18 bits per heavy atom. The van der Waals surface area contributed by atoms with Crippen LogP contribution in [0.5, 0.6) is 0 Å². The molecule has 2 bridgehead atoms. The molecule has 0 aromatic heterocycles. The van der Waals surface area contributed by atoms with Crippen molar-refractivity contribution in [3.05, 3.63) is 64.8 Å². The molecule has 5 rings (SSSR count). The molecule has 0 fully saturated rings. The van der Waals surface area contributed by atoms with Gasteiger partial charge in [-0.05, 0) is 60.6 Å². The smallest absolute Gasteiger partial charge is 0.0676 e. The van der Waals surface area contributed by atoms with Crippen LogP contribution in [0.4, 0.5) is 0 Å². The van der Waals surface area contributed by atoms with E-state index in [0.717, 1.165) is 25.7 Å². The van der Waals surface area contributed by atoms with Crippen LogP contribution >= 0.6 is 0 Å². The van der Waals surface area contributed by atoms with Gasteiger partial charge in [0.15, 0.2) is 0 Å². The third-order valence-corrected chi connectivity index (χ3v) is 5.47. The first-order valence-corrected chi connectivity index (χ1v) is 8.29. The first kappa shape index (κ1) is 14.0. The highest BCUT2D eigenvalue weighted by atomic mass is 16.3. The highest BCUT2D eigenvalue weighted by molar-refractivity contribution is 5.86. The summed E-state index contributed by atoms with van der Waals surface area (Å²) in [4.78, 5) is 0. The zero-order chi connectivity index (χ0) is 15.2. The third-order valence-electron chi connectivity index (χ3n) is 5.47. The van der Waals surface area contributed by atoms with Crippen molar-refractivity contribution in [1.29, 1.82) is 0 Å². The second kappa shape index (κ2) is 5.22. The number of nitrogens with one attached hydrogen (secondary N) is 1. The lowest BCUT2D eigenvalue weighted by Crippen LogP contribution is -2.42. The molecule has 2 heteroatoms. The average Bonchev–Trinajstić information content (AvgIpc) is 2.56. The van der Waals surface area contributed by atoms with Crippen LogP contribution in [0.1, 0.15) is 36.8 Å². The van der Waals surface area contributed by atoms with E-state index in [9.17, 15) is 5.11 Å². The Morgan fingerprint density at radius 3 is 3.05 bits per heavy atom. The quantitative estimate of drug-likeness (QED) is 0.892. The molecule has 0 aliphatic heterocycles. The molecule has 0 radical (unpaired) electrons. The van der Waals surface area contributed by atoms with Crippen molar-refractivity contribution in [3.8, 4) is 0 Å². The SMILES string of the molecule is CNCC(O)CC12CCC(=C3C=CCC=C31)c1ccccc12. The van der Waals surface area contributed by atoms with Crippen LogP contribution in [0.3, 0.4) is 0 Å². The van der Waals surface area contributed by atoms with Gasteiger partial charge < -0.3 is 10.4 Å². The van der Waals surface area contributed by atoms with Gasteiger partial charge >= 0.3 is 0 Å². The summed E-state index contributed by atoms with van der Waals surface area (Å²) in [6, 6.07) is 8.82. The van der Waals surface area contributed by atoms with Crippen LogP contribution < -0.4 is 5.32 Å². The summed E-state index contributed by atoms with van der Waals surface area (Å²) < 4.78 is 0. The summed E-state index contributed by atoms with van der Waals surface area (Å²) >= 11 is 0. The van der Waals surface area contributed by atoms with Crippen molar-refractivity contribution in [3.63, 3.8) is 0 Å². The second-order valence-corrected chi connectivity index (χ2v) is 6.69. The van der Waals surface area contributed by atoms with Crippen LogP contribution in [-0.4, -0.2) is 24.8 Å². The Kier molecular flexibility index (Phi) is 3.32. The van der Waals surface area contributed by atoms with Crippen molar-refractivity contribution >= 4 is 5.57 Å². The number of aliphatic hydroxyl groups is 1. The predicted octanol–water partition coefficient (Wildman–Crippen LogP) is 3.34. The lowest BCUT2D eigenvalue weighted by molar-refractivity contribution is 0.135. The Morgan fingerprint density at radius 1 is 1.32 bits per heavy atom. The highest BCUT2D eigenvalue weighted by Gasteiger charge is 2.47. The molecule has 22 heavy (non-hydrogen) atoms. The normalized spacial score (nSPS) is 26.5. The van der Waals surface area contributed by atoms with Crippen molar-refractivity contribution in [2.24, 2.45) is 0 Å². The summed E-state index contributed by atoms with van der Waals surface area (Å²) in [5.41, 5.74) is 7.22. The lowest BCUT2D eigenvalue weighted by atomic mass is 9.54. The van der Waals surface area contributed by atoms with Gasteiger partial charge in [-0.2, -0.15) is 0 Å². The minimum Gasteiger partial charge on any atom is -0.392 e. The Hall–Kier alpha value is -1.64. The molecule has 0 spiro atoms. The van der Waals surface area contributed by atoms with Crippen LogP contribution in [0.2, 0.25) is 0 Å². The van der Waals surface area contributed by atoms with Gasteiger partial charge in [-0.3, -0.25) is 0 Å². The molecule has 4 aliphatic rings. The molecule has 0 heterocycles. The maximum Gasteiger partial charge on any atom is 0.0676 e. The molecule has 4 aliphatic carbocycles. The average molecular weight is 293 g/mol. The molecular weight excluding hydrogens is 270 g/mol. The molecule has 1 aromatic carbocycles. The van der Waals surface area contributed by atoms with Gasteiger partial charge in [0.2, 0.25) is 0 Å². The largest absolute Gasteiger partial charge is 0.392 e. The van der Waals surface area contributed by atoms with E-state index in [2.05, 4.69) is 47.8 Å². The maximum atomic E-state index is 10.5. The van der Waals surface area contributed by atoms with E-state index >= 15 is 0 Å². The summed E-state index contributed by atoms with van der Waals surface area (Å²) in [5.74, 6) is 0. The summed E-state index contributed by atoms with van der Waals surface area (Å²) in [6.07, 6.45) is 10.7. The van der Waals surface area contributed by atoms with Crippen molar-refractivity contribution in [2.75, 3.05) is 13.6 Å². The first-order chi connectivity index (χ1) is 10.8. The lowest BCUT2D eigenvalue weighted by Gasteiger charge is -2.49. The van der Waals surface area contributed by atoms with E-state index in [4.69, 9.17) is 0 Å². The third kappa shape index (κ3) is 1.87. The molecule has 1 aromatic rings. The number of fused-ring (bicyclic) bond motifs is 1. The zero-order valence-corrected chi connectivity index (χ0v) is 13.1. The van der Waals surface area contributed by atoms with Crippen LogP contribution in [0.25, 0.3) is 5.57 Å². The number of hydrogen-bond acceptors (Lipinski definition) is 2. The molecule has 2 atom stereocenters. The van der Waals surface area contributed by atoms with Crippen molar-refractivity contribution in [2.45, 2.75) is 37.2 Å². The van der Waals surface area contributed by atoms with E-state index in [0.29, 0.717) is 6.54 Å². The number of allylic oxidation sites excluding steroid dienone is 6. The minimum absolute atomic E-state index is 0.00525. The number of benzene rings is 1. The number of hydrogen-bond donors (Lipinski definition) is 2. The van der Waals surface area contributed by atoms with E-state index in [1.165, 1.54) is 27.8 Å². The van der Waals surface area contributed by atoms with Gasteiger partial charge in [-0.15, -0.1) is 0 Å². The number of rotatable bonds is 4. The molecule has 0 saturated heterocycles. The second-order valence-electron chi connectivity index (χ2n) is 6.69.